The summed E-state index contributed by atoms with van der Waals surface area (Å²) in [5.74, 6) is -0.320. The third-order valence-corrected chi connectivity index (χ3v) is 4.03. The predicted molar refractivity (Wildman–Crippen MR) is 79.5 cm³/mol. The van der Waals surface area contributed by atoms with Crippen molar-refractivity contribution in [3.8, 4) is 0 Å². The first-order chi connectivity index (χ1) is 9.47. The van der Waals surface area contributed by atoms with Gasteiger partial charge >= 0.3 is 11.8 Å². The highest BCUT2D eigenvalue weighted by atomic mass is 16.2. The molecule has 4 nitrogen and oxygen atoms in total. The second kappa shape index (κ2) is 6.07. The molecule has 0 aromatic heterocycles. The lowest BCUT2D eigenvalue weighted by atomic mass is 9.99. The minimum Gasteiger partial charge on any atom is -0.334 e. The molecule has 0 unspecified atom stereocenters. The van der Waals surface area contributed by atoms with Crippen molar-refractivity contribution >= 4 is 17.5 Å². The zero-order valence-corrected chi connectivity index (χ0v) is 12.4. The van der Waals surface area contributed by atoms with Crippen LogP contribution in [0.2, 0.25) is 0 Å². The normalized spacial score (nSPS) is 16.1. The molecular formula is C16H22N2O2. The number of amides is 2. The van der Waals surface area contributed by atoms with Gasteiger partial charge in [0, 0.05) is 18.8 Å². The van der Waals surface area contributed by atoms with Gasteiger partial charge in [0.25, 0.3) is 0 Å². The van der Waals surface area contributed by atoms with E-state index in [1.54, 1.807) is 4.90 Å². The number of hydrogen-bond donors (Lipinski definition) is 1. The van der Waals surface area contributed by atoms with Gasteiger partial charge in [-0.1, -0.05) is 13.0 Å². The maximum atomic E-state index is 12.1. The van der Waals surface area contributed by atoms with Crippen LogP contribution in [0.3, 0.4) is 0 Å². The van der Waals surface area contributed by atoms with Crippen LogP contribution >= 0.6 is 0 Å². The lowest BCUT2D eigenvalue weighted by Crippen LogP contribution is -2.43. The van der Waals surface area contributed by atoms with Gasteiger partial charge in [0.05, 0.1) is 0 Å². The summed E-state index contributed by atoms with van der Waals surface area (Å²) < 4.78 is 0. The van der Waals surface area contributed by atoms with E-state index < -0.39 is 11.8 Å². The molecule has 0 spiro atoms. The number of benzene rings is 1. The van der Waals surface area contributed by atoms with Crippen molar-refractivity contribution in [2.45, 2.75) is 33.6 Å². The van der Waals surface area contributed by atoms with E-state index in [0.717, 1.165) is 18.4 Å². The number of carbonyl (C=O) groups is 2. The molecule has 1 aliphatic rings. The zero-order chi connectivity index (χ0) is 14.7. The van der Waals surface area contributed by atoms with Crippen LogP contribution in [-0.4, -0.2) is 29.8 Å². The molecule has 4 heteroatoms. The number of nitrogens with zero attached hydrogens (tertiary/aromatic N) is 1. The van der Waals surface area contributed by atoms with Gasteiger partial charge in [-0.15, -0.1) is 0 Å². The molecule has 1 saturated heterocycles. The topological polar surface area (TPSA) is 49.4 Å². The zero-order valence-electron chi connectivity index (χ0n) is 12.4. The molecule has 1 aromatic rings. The lowest BCUT2D eigenvalue weighted by molar-refractivity contribution is -0.144. The van der Waals surface area contributed by atoms with Gasteiger partial charge in [-0.05, 0) is 55.9 Å². The van der Waals surface area contributed by atoms with Crippen molar-refractivity contribution in [2.24, 2.45) is 5.92 Å². The first-order valence-corrected chi connectivity index (χ1v) is 7.15. The van der Waals surface area contributed by atoms with Crippen LogP contribution in [0.5, 0.6) is 0 Å². The lowest BCUT2D eigenvalue weighted by Gasteiger charge is -2.29. The summed E-state index contributed by atoms with van der Waals surface area (Å²) in [6, 6.07) is 5.66. The van der Waals surface area contributed by atoms with Crippen LogP contribution in [0.1, 0.15) is 30.9 Å². The van der Waals surface area contributed by atoms with E-state index in [0.29, 0.717) is 24.7 Å². The standard InChI is InChI=1S/C16H22N2O2/c1-11-6-8-18(9-7-11)16(20)15(19)17-14-5-4-12(2)13(3)10-14/h4-5,10-11H,6-9H2,1-3H3,(H,17,19). The first kappa shape index (κ1) is 14.6. The van der Waals surface area contributed by atoms with Crippen LogP contribution in [0.25, 0.3) is 0 Å². The van der Waals surface area contributed by atoms with Gasteiger partial charge in [-0.3, -0.25) is 9.59 Å². The van der Waals surface area contributed by atoms with Gasteiger partial charge in [-0.2, -0.15) is 0 Å². The third-order valence-electron chi connectivity index (χ3n) is 4.03. The number of carbonyl (C=O) groups excluding carboxylic acids is 2. The molecule has 1 aromatic carbocycles. The Hall–Kier alpha value is -1.84. The van der Waals surface area contributed by atoms with Crippen molar-refractivity contribution < 1.29 is 9.59 Å². The highest BCUT2D eigenvalue weighted by Crippen LogP contribution is 2.17. The number of hydrogen-bond acceptors (Lipinski definition) is 2. The maximum Gasteiger partial charge on any atom is 0.313 e. The van der Waals surface area contributed by atoms with Crippen molar-refractivity contribution in [3.05, 3.63) is 29.3 Å². The number of piperidine rings is 1. The number of anilines is 1. The Morgan fingerprint density at radius 2 is 1.80 bits per heavy atom. The van der Waals surface area contributed by atoms with Crippen LogP contribution in [0.15, 0.2) is 18.2 Å². The second-order valence-corrected chi connectivity index (χ2v) is 5.73. The molecule has 108 valence electrons. The van der Waals surface area contributed by atoms with Crippen molar-refractivity contribution in [1.82, 2.24) is 4.90 Å². The molecule has 1 fully saturated rings. The molecule has 0 atom stereocenters. The molecule has 1 aliphatic heterocycles. The largest absolute Gasteiger partial charge is 0.334 e. The third kappa shape index (κ3) is 3.38. The van der Waals surface area contributed by atoms with E-state index >= 15 is 0 Å². The number of nitrogens with one attached hydrogen (secondary N) is 1. The Morgan fingerprint density at radius 3 is 2.40 bits per heavy atom. The molecular weight excluding hydrogens is 252 g/mol. The summed E-state index contributed by atoms with van der Waals surface area (Å²) in [5.41, 5.74) is 2.94. The van der Waals surface area contributed by atoms with Gasteiger partial charge in [0.15, 0.2) is 0 Å². The van der Waals surface area contributed by atoms with Crippen LogP contribution < -0.4 is 5.32 Å². The smallest absolute Gasteiger partial charge is 0.313 e. The highest BCUT2D eigenvalue weighted by molar-refractivity contribution is 6.39. The summed E-state index contributed by atoms with van der Waals surface area (Å²) in [4.78, 5) is 25.7. The van der Waals surface area contributed by atoms with E-state index in [2.05, 4.69) is 12.2 Å². The van der Waals surface area contributed by atoms with Crippen LogP contribution in [-0.2, 0) is 9.59 Å². The summed E-state index contributed by atoms with van der Waals surface area (Å²) in [5, 5.41) is 2.69. The Kier molecular flexibility index (Phi) is 4.42. The van der Waals surface area contributed by atoms with E-state index in [1.165, 1.54) is 5.56 Å². The Labute approximate surface area is 120 Å². The average molecular weight is 274 g/mol. The van der Waals surface area contributed by atoms with Crippen molar-refractivity contribution in [2.75, 3.05) is 18.4 Å². The molecule has 1 N–H and O–H groups in total. The SMILES string of the molecule is Cc1ccc(NC(=O)C(=O)N2CCC(C)CC2)cc1C. The average Bonchev–Trinajstić information content (AvgIpc) is 2.43. The minimum absolute atomic E-state index is 0.421. The molecule has 0 saturated carbocycles. The fraction of sp³-hybridized carbons (Fsp3) is 0.500. The van der Waals surface area contributed by atoms with Crippen molar-refractivity contribution in [1.29, 1.82) is 0 Å². The van der Waals surface area contributed by atoms with Gasteiger partial charge in [0.1, 0.15) is 0 Å². The fourth-order valence-electron chi connectivity index (χ4n) is 2.36. The maximum absolute atomic E-state index is 12.1. The van der Waals surface area contributed by atoms with E-state index in [9.17, 15) is 9.59 Å². The summed E-state index contributed by atoms with van der Waals surface area (Å²) in [7, 11) is 0. The first-order valence-electron chi connectivity index (χ1n) is 7.15. The quantitative estimate of drug-likeness (QED) is 0.800. The van der Waals surface area contributed by atoms with Gasteiger partial charge in [-0.25, -0.2) is 0 Å². The molecule has 2 rings (SSSR count). The van der Waals surface area contributed by atoms with Gasteiger partial charge in [0.2, 0.25) is 0 Å². The van der Waals surface area contributed by atoms with E-state index in [-0.39, 0.29) is 0 Å². The number of likely N-dealkylation sites (tertiary alicyclic amines) is 1. The molecule has 20 heavy (non-hydrogen) atoms. The highest BCUT2D eigenvalue weighted by Gasteiger charge is 2.25. The fourth-order valence-corrected chi connectivity index (χ4v) is 2.36. The molecule has 0 aliphatic carbocycles. The van der Waals surface area contributed by atoms with Crippen molar-refractivity contribution in [3.63, 3.8) is 0 Å². The molecule has 0 radical (unpaired) electrons. The monoisotopic (exact) mass is 274 g/mol. The summed E-state index contributed by atoms with van der Waals surface area (Å²) in [6.45, 7) is 7.54. The second-order valence-electron chi connectivity index (χ2n) is 5.73. The minimum atomic E-state index is -0.539. The Morgan fingerprint density at radius 1 is 1.15 bits per heavy atom. The number of rotatable bonds is 1. The molecule has 2 amide bonds. The number of aryl methyl sites for hydroxylation is 2. The Balaban J connectivity index is 1.97. The van der Waals surface area contributed by atoms with Gasteiger partial charge < -0.3 is 10.2 Å². The summed E-state index contributed by atoms with van der Waals surface area (Å²) in [6.07, 6.45) is 1.95. The predicted octanol–water partition coefficient (Wildman–Crippen LogP) is 2.50. The summed E-state index contributed by atoms with van der Waals surface area (Å²) >= 11 is 0. The molecule has 0 bridgehead atoms. The van der Waals surface area contributed by atoms with Crippen LogP contribution in [0, 0.1) is 19.8 Å². The van der Waals surface area contributed by atoms with E-state index in [4.69, 9.17) is 0 Å². The van der Waals surface area contributed by atoms with Crippen LogP contribution in [0.4, 0.5) is 5.69 Å². The van der Waals surface area contributed by atoms with E-state index in [1.807, 2.05) is 32.0 Å². The Bertz CT molecular complexity index is 517. The molecule has 1 heterocycles.